The van der Waals surface area contributed by atoms with E-state index in [9.17, 15) is 4.79 Å². The molecule has 0 spiro atoms. The highest BCUT2D eigenvalue weighted by Gasteiger charge is 2.24. The van der Waals surface area contributed by atoms with Crippen molar-refractivity contribution in [3.05, 3.63) is 30.2 Å². The van der Waals surface area contributed by atoms with E-state index in [2.05, 4.69) is 10.3 Å². The number of hydrogen-bond acceptors (Lipinski definition) is 3. The van der Waals surface area contributed by atoms with Crippen LogP contribution in [0, 0.1) is 12.8 Å². The molecule has 5 nitrogen and oxygen atoms in total. The second-order valence-corrected chi connectivity index (χ2v) is 5.47. The van der Waals surface area contributed by atoms with Crippen LogP contribution in [0.15, 0.2) is 24.5 Å². The summed E-state index contributed by atoms with van der Waals surface area (Å²) in [4.78, 5) is 16.4. The van der Waals surface area contributed by atoms with E-state index in [0.717, 1.165) is 17.0 Å². The van der Waals surface area contributed by atoms with Gasteiger partial charge in [-0.3, -0.25) is 4.79 Å². The summed E-state index contributed by atoms with van der Waals surface area (Å²) in [5, 5.41) is 2.87. The number of aromatic nitrogens is 2. The number of carbonyl (C=O) groups is 1. The minimum Gasteiger partial charge on any atom is -0.368 e. The predicted molar refractivity (Wildman–Crippen MR) is 76.7 cm³/mol. The van der Waals surface area contributed by atoms with Gasteiger partial charge in [0.15, 0.2) is 0 Å². The van der Waals surface area contributed by atoms with Gasteiger partial charge >= 0.3 is 0 Å². The standard InChI is InChI=1S/C15H19N3O2/c1-10-7-18-8-13(5-6-14(18)16-10)17-15(19)11(2)20-9-12-3-4-12/h5-8,11-12H,3-4,9H2,1-2H3,(H,17,19)/t11-/m1/s1. The van der Waals surface area contributed by atoms with E-state index < -0.39 is 6.10 Å². The zero-order valence-electron chi connectivity index (χ0n) is 11.8. The number of hydrogen-bond donors (Lipinski definition) is 1. The molecule has 1 aliphatic rings. The molecule has 5 heteroatoms. The number of carbonyl (C=O) groups excluding carboxylic acids is 1. The molecule has 20 heavy (non-hydrogen) atoms. The predicted octanol–water partition coefficient (Wildman–Crippen LogP) is 2.40. The third-order valence-electron chi connectivity index (χ3n) is 3.49. The van der Waals surface area contributed by atoms with Gasteiger partial charge in [-0.05, 0) is 44.7 Å². The van der Waals surface area contributed by atoms with Gasteiger partial charge in [0.1, 0.15) is 11.8 Å². The zero-order valence-corrected chi connectivity index (χ0v) is 11.8. The number of anilines is 1. The maximum atomic E-state index is 12.0. The molecule has 1 fully saturated rings. The average Bonchev–Trinajstić information content (AvgIpc) is 3.16. The zero-order chi connectivity index (χ0) is 14.1. The molecule has 0 unspecified atom stereocenters. The van der Waals surface area contributed by atoms with Crippen molar-refractivity contribution < 1.29 is 9.53 Å². The van der Waals surface area contributed by atoms with Crippen LogP contribution in [0.25, 0.3) is 5.65 Å². The summed E-state index contributed by atoms with van der Waals surface area (Å²) >= 11 is 0. The van der Waals surface area contributed by atoms with Crippen molar-refractivity contribution in [2.24, 2.45) is 5.92 Å². The molecular formula is C15H19N3O2. The summed E-state index contributed by atoms with van der Waals surface area (Å²) in [5.41, 5.74) is 2.58. The van der Waals surface area contributed by atoms with Gasteiger partial charge in [0.2, 0.25) is 0 Å². The molecule has 0 aliphatic heterocycles. The average molecular weight is 273 g/mol. The first kappa shape index (κ1) is 13.1. The number of fused-ring (bicyclic) bond motifs is 1. The van der Waals surface area contributed by atoms with Gasteiger partial charge in [-0.25, -0.2) is 4.98 Å². The minimum absolute atomic E-state index is 0.109. The highest BCUT2D eigenvalue weighted by atomic mass is 16.5. The maximum absolute atomic E-state index is 12.0. The number of pyridine rings is 1. The van der Waals surface area contributed by atoms with Gasteiger partial charge < -0.3 is 14.5 Å². The quantitative estimate of drug-likeness (QED) is 0.910. The molecule has 1 N–H and O–H groups in total. The van der Waals surface area contributed by atoms with Crippen LogP contribution in [0.1, 0.15) is 25.5 Å². The molecule has 1 amide bonds. The van der Waals surface area contributed by atoms with Crippen molar-refractivity contribution in [3.63, 3.8) is 0 Å². The van der Waals surface area contributed by atoms with Crippen molar-refractivity contribution >= 4 is 17.2 Å². The van der Waals surface area contributed by atoms with Crippen LogP contribution in [0.2, 0.25) is 0 Å². The molecule has 1 aliphatic carbocycles. The lowest BCUT2D eigenvalue weighted by Crippen LogP contribution is -2.28. The summed E-state index contributed by atoms with van der Waals surface area (Å²) < 4.78 is 7.46. The fourth-order valence-corrected chi connectivity index (χ4v) is 2.08. The molecule has 2 aromatic heterocycles. The van der Waals surface area contributed by atoms with E-state index in [-0.39, 0.29) is 5.91 Å². The van der Waals surface area contributed by atoms with Gasteiger partial charge in [-0.1, -0.05) is 0 Å². The summed E-state index contributed by atoms with van der Waals surface area (Å²) in [7, 11) is 0. The van der Waals surface area contributed by atoms with E-state index in [4.69, 9.17) is 4.74 Å². The van der Waals surface area contributed by atoms with Crippen LogP contribution in [-0.2, 0) is 9.53 Å². The van der Waals surface area contributed by atoms with Gasteiger partial charge in [-0.15, -0.1) is 0 Å². The van der Waals surface area contributed by atoms with Gasteiger partial charge in [0, 0.05) is 12.4 Å². The van der Waals surface area contributed by atoms with E-state index >= 15 is 0 Å². The maximum Gasteiger partial charge on any atom is 0.253 e. The Morgan fingerprint density at radius 2 is 2.30 bits per heavy atom. The first-order valence-electron chi connectivity index (χ1n) is 6.99. The Morgan fingerprint density at radius 1 is 1.50 bits per heavy atom. The minimum atomic E-state index is -0.421. The number of aryl methyl sites for hydroxylation is 1. The monoisotopic (exact) mass is 273 g/mol. The summed E-state index contributed by atoms with van der Waals surface area (Å²) in [6.07, 6.45) is 5.82. The Balaban J connectivity index is 1.63. The van der Waals surface area contributed by atoms with E-state index in [1.807, 2.05) is 35.9 Å². The van der Waals surface area contributed by atoms with Crippen LogP contribution in [-0.4, -0.2) is 28.0 Å². The number of nitrogens with zero attached hydrogens (tertiary/aromatic N) is 2. The van der Waals surface area contributed by atoms with Crippen molar-refractivity contribution in [3.8, 4) is 0 Å². The molecule has 0 saturated heterocycles. The van der Waals surface area contributed by atoms with Crippen LogP contribution in [0.3, 0.4) is 0 Å². The topological polar surface area (TPSA) is 55.6 Å². The smallest absolute Gasteiger partial charge is 0.253 e. The highest BCUT2D eigenvalue weighted by molar-refractivity contribution is 5.93. The first-order chi connectivity index (χ1) is 9.61. The Kier molecular flexibility index (Phi) is 3.44. The van der Waals surface area contributed by atoms with Gasteiger partial charge in [-0.2, -0.15) is 0 Å². The summed E-state index contributed by atoms with van der Waals surface area (Å²) in [6.45, 7) is 4.42. The van der Waals surface area contributed by atoms with Crippen LogP contribution >= 0.6 is 0 Å². The lowest BCUT2D eigenvalue weighted by molar-refractivity contribution is -0.126. The van der Waals surface area contributed by atoms with Crippen molar-refractivity contribution in [2.75, 3.05) is 11.9 Å². The molecular weight excluding hydrogens is 254 g/mol. The Bertz CT molecular complexity index is 631. The van der Waals surface area contributed by atoms with E-state index in [1.54, 1.807) is 6.92 Å². The Labute approximate surface area is 118 Å². The lowest BCUT2D eigenvalue weighted by atomic mass is 10.3. The van der Waals surface area contributed by atoms with E-state index in [1.165, 1.54) is 12.8 Å². The molecule has 106 valence electrons. The third kappa shape index (κ3) is 2.99. The van der Waals surface area contributed by atoms with Crippen molar-refractivity contribution in [2.45, 2.75) is 32.8 Å². The van der Waals surface area contributed by atoms with Crippen LogP contribution in [0.4, 0.5) is 5.69 Å². The number of rotatable bonds is 5. The van der Waals surface area contributed by atoms with Crippen molar-refractivity contribution in [1.29, 1.82) is 0 Å². The van der Waals surface area contributed by atoms with E-state index in [0.29, 0.717) is 12.5 Å². The second-order valence-electron chi connectivity index (χ2n) is 5.47. The first-order valence-corrected chi connectivity index (χ1v) is 6.99. The SMILES string of the molecule is Cc1cn2cc(NC(=O)[C@@H](C)OCC3CC3)ccc2n1. The number of amides is 1. The summed E-state index contributed by atoms with van der Waals surface area (Å²) in [5.74, 6) is 0.553. The van der Waals surface area contributed by atoms with Gasteiger partial charge in [0.25, 0.3) is 5.91 Å². The molecule has 3 rings (SSSR count). The molecule has 1 atom stereocenters. The van der Waals surface area contributed by atoms with Crippen LogP contribution < -0.4 is 5.32 Å². The molecule has 2 aromatic rings. The fraction of sp³-hybridized carbons (Fsp3) is 0.467. The number of ether oxygens (including phenoxy) is 1. The molecule has 2 heterocycles. The third-order valence-corrected chi connectivity index (χ3v) is 3.49. The van der Waals surface area contributed by atoms with Gasteiger partial charge in [0.05, 0.1) is 18.0 Å². The number of imidazole rings is 1. The summed E-state index contributed by atoms with van der Waals surface area (Å²) in [6, 6.07) is 3.74. The lowest BCUT2D eigenvalue weighted by Gasteiger charge is -2.13. The second kappa shape index (κ2) is 5.25. The highest BCUT2D eigenvalue weighted by Crippen LogP contribution is 2.29. The largest absolute Gasteiger partial charge is 0.368 e. The Morgan fingerprint density at radius 3 is 3.05 bits per heavy atom. The molecule has 1 saturated carbocycles. The molecule has 0 aromatic carbocycles. The number of nitrogens with one attached hydrogen (secondary N) is 1. The van der Waals surface area contributed by atoms with Crippen molar-refractivity contribution in [1.82, 2.24) is 9.38 Å². The molecule has 0 radical (unpaired) electrons. The molecule has 0 bridgehead atoms. The fourth-order valence-electron chi connectivity index (χ4n) is 2.08. The Hall–Kier alpha value is -1.88. The van der Waals surface area contributed by atoms with Crippen LogP contribution in [0.5, 0.6) is 0 Å². The normalized spacial score (nSPS) is 16.3.